The molecule has 1 amide bonds. The quantitative estimate of drug-likeness (QED) is 0.574. The van der Waals surface area contributed by atoms with E-state index in [4.69, 9.17) is 5.73 Å². The first-order chi connectivity index (χ1) is 6.50. The molecule has 0 heterocycles. The first kappa shape index (κ1) is 10.1. The van der Waals surface area contributed by atoms with E-state index in [9.17, 15) is 19.3 Å². The van der Waals surface area contributed by atoms with Gasteiger partial charge in [0.2, 0.25) is 5.91 Å². The minimum atomic E-state index is -0.737. The van der Waals surface area contributed by atoms with Crippen molar-refractivity contribution in [2.45, 2.75) is 6.42 Å². The second-order valence-electron chi connectivity index (χ2n) is 2.67. The zero-order valence-electron chi connectivity index (χ0n) is 7.07. The molecule has 0 radical (unpaired) electrons. The SMILES string of the molecule is NC(=O)Cc1cc(F)ccc1[N+](=O)[O-]. The molecule has 0 aromatic heterocycles. The third-order valence-corrected chi connectivity index (χ3v) is 1.60. The number of nitro groups is 1. The molecule has 0 saturated carbocycles. The summed E-state index contributed by atoms with van der Waals surface area (Å²) in [5.41, 5.74) is 4.55. The number of halogens is 1. The zero-order valence-corrected chi connectivity index (χ0v) is 7.07. The number of carbonyl (C=O) groups is 1. The molecule has 0 aliphatic carbocycles. The van der Waals surface area contributed by atoms with Crippen LogP contribution in [0.3, 0.4) is 0 Å². The number of nitro benzene ring substituents is 1. The lowest BCUT2D eigenvalue weighted by atomic mass is 10.1. The van der Waals surface area contributed by atoms with Crippen LogP contribution in [0.4, 0.5) is 10.1 Å². The number of rotatable bonds is 3. The van der Waals surface area contributed by atoms with Gasteiger partial charge in [-0.05, 0) is 12.1 Å². The Labute approximate surface area is 78.5 Å². The maximum Gasteiger partial charge on any atom is 0.273 e. The number of carbonyl (C=O) groups excluding carboxylic acids is 1. The average Bonchev–Trinajstić information content (AvgIpc) is 2.01. The van der Waals surface area contributed by atoms with E-state index in [1.54, 1.807) is 0 Å². The van der Waals surface area contributed by atoms with Gasteiger partial charge in [0, 0.05) is 11.6 Å². The molecule has 0 aliphatic heterocycles. The van der Waals surface area contributed by atoms with E-state index in [1.165, 1.54) is 0 Å². The van der Waals surface area contributed by atoms with Crippen LogP contribution in [0.5, 0.6) is 0 Å². The largest absolute Gasteiger partial charge is 0.369 e. The Balaban J connectivity index is 3.15. The molecule has 0 unspecified atom stereocenters. The van der Waals surface area contributed by atoms with E-state index in [-0.39, 0.29) is 17.7 Å². The topological polar surface area (TPSA) is 86.2 Å². The Bertz CT molecular complexity index is 392. The van der Waals surface area contributed by atoms with E-state index in [0.29, 0.717) is 0 Å². The summed E-state index contributed by atoms with van der Waals surface area (Å²) in [6.45, 7) is 0. The predicted molar refractivity (Wildman–Crippen MR) is 46.0 cm³/mol. The maximum absolute atomic E-state index is 12.7. The van der Waals surface area contributed by atoms with Crippen LogP contribution in [0.2, 0.25) is 0 Å². The summed E-state index contributed by atoms with van der Waals surface area (Å²) in [4.78, 5) is 20.3. The van der Waals surface area contributed by atoms with E-state index >= 15 is 0 Å². The molecule has 74 valence electrons. The summed E-state index contributed by atoms with van der Waals surface area (Å²) < 4.78 is 12.7. The van der Waals surface area contributed by atoms with Crippen molar-refractivity contribution in [2.75, 3.05) is 0 Å². The molecular formula is C8H7FN2O3. The second kappa shape index (κ2) is 3.82. The summed E-state index contributed by atoms with van der Waals surface area (Å²) in [5.74, 6) is -1.37. The minimum Gasteiger partial charge on any atom is -0.369 e. The van der Waals surface area contributed by atoms with E-state index in [2.05, 4.69) is 0 Å². The fourth-order valence-corrected chi connectivity index (χ4v) is 1.06. The van der Waals surface area contributed by atoms with Gasteiger partial charge in [-0.3, -0.25) is 14.9 Å². The van der Waals surface area contributed by atoms with Gasteiger partial charge in [-0.2, -0.15) is 0 Å². The van der Waals surface area contributed by atoms with Crippen molar-refractivity contribution in [1.29, 1.82) is 0 Å². The summed E-state index contributed by atoms with van der Waals surface area (Å²) in [6, 6.07) is 2.90. The van der Waals surface area contributed by atoms with Crippen molar-refractivity contribution in [3.05, 3.63) is 39.7 Å². The number of amides is 1. The highest BCUT2D eigenvalue weighted by molar-refractivity contribution is 5.77. The normalized spacial score (nSPS) is 9.79. The molecule has 0 atom stereocenters. The molecule has 1 aromatic carbocycles. The third kappa shape index (κ3) is 2.25. The highest BCUT2D eigenvalue weighted by Crippen LogP contribution is 2.19. The van der Waals surface area contributed by atoms with Gasteiger partial charge in [-0.15, -0.1) is 0 Å². The van der Waals surface area contributed by atoms with Crippen LogP contribution in [0.25, 0.3) is 0 Å². The van der Waals surface area contributed by atoms with Gasteiger partial charge < -0.3 is 5.73 Å². The Morgan fingerprint density at radius 3 is 2.71 bits per heavy atom. The van der Waals surface area contributed by atoms with Crippen LogP contribution >= 0.6 is 0 Å². The Morgan fingerprint density at radius 2 is 2.21 bits per heavy atom. The van der Waals surface area contributed by atoms with E-state index < -0.39 is 16.6 Å². The predicted octanol–water partition coefficient (Wildman–Crippen LogP) is 0.762. The smallest absolute Gasteiger partial charge is 0.273 e. The van der Waals surface area contributed by atoms with Crippen molar-refractivity contribution < 1.29 is 14.1 Å². The molecule has 0 spiro atoms. The fraction of sp³-hybridized carbons (Fsp3) is 0.125. The highest BCUT2D eigenvalue weighted by atomic mass is 19.1. The molecule has 0 fully saturated rings. The molecule has 14 heavy (non-hydrogen) atoms. The number of hydrogen-bond donors (Lipinski definition) is 1. The maximum atomic E-state index is 12.7. The van der Waals surface area contributed by atoms with Gasteiger partial charge in [0.25, 0.3) is 5.69 Å². The molecule has 0 aliphatic rings. The first-order valence-electron chi connectivity index (χ1n) is 3.72. The first-order valence-corrected chi connectivity index (χ1v) is 3.72. The van der Waals surface area contributed by atoms with Crippen LogP contribution < -0.4 is 5.73 Å². The standard InChI is InChI=1S/C8H7FN2O3/c9-6-1-2-7(11(13)14)5(3-6)4-8(10)12/h1-3H,4H2,(H2,10,12). The number of nitrogens with zero attached hydrogens (tertiary/aromatic N) is 1. The van der Waals surface area contributed by atoms with Crippen molar-refractivity contribution in [1.82, 2.24) is 0 Å². The van der Waals surface area contributed by atoms with Crippen molar-refractivity contribution in [3.8, 4) is 0 Å². The van der Waals surface area contributed by atoms with E-state index in [1.807, 2.05) is 0 Å². The molecule has 5 nitrogen and oxygen atoms in total. The summed E-state index contributed by atoms with van der Waals surface area (Å²) in [7, 11) is 0. The summed E-state index contributed by atoms with van der Waals surface area (Å²) >= 11 is 0. The number of hydrogen-bond acceptors (Lipinski definition) is 3. The zero-order chi connectivity index (χ0) is 10.7. The van der Waals surface area contributed by atoms with Crippen LogP contribution in [-0.2, 0) is 11.2 Å². The number of benzene rings is 1. The second-order valence-corrected chi connectivity index (χ2v) is 2.67. The van der Waals surface area contributed by atoms with Gasteiger partial charge in [0.1, 0.15) is 5.82 Å². The monoisotopic (exact) mass is 198 g/mol. The lowest BCUT2D eigenvalue weighted by molar-refractivity contribution is -0.385. The molecule has 2 N–H and O–H groups in total. The van der Waals surface area contributed by atoms with Gasteiger partial charge in [0.05, 0.1) is 11.3 Å². The summed E-state index contributed by atoms with van der Waals surface area (Å²) in [6.07, 6.45) is -0.339. The number of nitrogens with two attached hydrogens (primary N) is 1. The minimum absolute atomic E-state index is 0.0116. The Hall–Kier alpha value is -1.98. The molecule has 6 heteroatoms. The van der Waals surface area contributed by atoms with Gasteiger partial charge in [-0.1, -0.05) is 0 Å². The lowest BCUT2D eigenvalue weighted by Gasteiger charge is -1.99. The van der Waals surface area contributed by atoms with Crippen molar-refractivity contribution in [2.24, 2.45) is 5.73 Å². The molecule has 0 saturated heterocycles. The van der Waals surface area contributed by atoms with Gasteiger partial charge >= 0.3 is 0 Å². The van der Waals surface area contributed by atoms with Gasteiger partial charge in [-0.25, -0.2) is 4.39 Å². The molecule has 1 rings (SSSR count). The number of primary amides is 1. The van der Waals surface area contributed by atoms with Gasteiger partial charge in [0.15, 0.2) is 0 Å². The van der Waals surface area contributed by atoms with Crippen molar-refractivity contribution in [3.63, 3.8) is 0 Å². The lowest BCUT2D eigenvalue weighted by Crippen LogP contribution is -2.14. The van der Waals surface area contributed by atoms with Crippen LogP contribution in [0, 0.1) is 15.9 Å². The van der Waals surface area contributed by atoms with Crippen LogP contribution in [0.15, 0.2) is 18.2 Å². The average molecular weight is 198 g/mol. The molecule has 0 bridgehead atoms. The van der Waals surface area contributed by atoms with E-state index in [0.717, 1.165) is 18.2 Å². The van der Waals surface area contributed by atoms with Crippen LogP contribution in [0.1, 0.15) is 5.56 Å². The Morgan fingerprint density at radius 1 is 1.57 bits per heavy atom. The molecule has 1 aromatic rings. The van der Waals surface area contributed by atoms with Crippen LogP contribution in [-0.4, -0.2) is 10.8 Å². The van der Waals surface area contributed by atoms with Crippen molar-refractivity contribution >= 4 is 11.6 Å². The third-order valence-electron chi connectivity index (χ3n) is 1.60. The summed E-state index contributed by atoms with van der Waals surface area (Å²) in [5, 5.41) is 10.4. The molecular weight excluding hydrogens is 191 g/mol. The fourth-order valence-electron chi connectivity index (χ4n) is 1.06. The Kier molecular flexibility index (Phi) is 2.76. The highest BCUT2D eigenvalue weighted by Gasteiger charge is 2.15.